The van der Waals surface area contributed by atoms with Gasteiger partial charge in [0, 0.05) is 11.3 Å². The second kappa shape index (κ2) is 7.33. The molecule has 0 radical (unpaired) electrons. The van der Waals surface area contributed by atoms with Crippen LogP contribution in [0.1, 0.15) is 50.9 Å². The lowest BCUT2D eigenvalue weighted by Gasteiger charge is -2.55. The molecule has 4 unspecified atom stereocenters. The smallest absolute Gasteiger partial charge is 0.338 e. The molecule has 0 spiro atoms. The number of esters is 1. The first-order valence-corrected chi connectivity index (χ1v) is 9.51. The summed E-state index contributed by atoms with van der Waals surface area (Å²) in [6.45, 7) is 10.1. The molecule has 0 aromatic heterocycles. The second-order valence-electron chi connectivity index (χ2n) is 7.83. The van der Waals surface area contributed by atoms with Gasteiger partial charge in [-0.1, -0.05) is 57.0 Å². The van der Waals surface area contributed by atoms with E-state index < -0.39 is 0 Å². The minimum Gasteiger partial charge on any atom is -0.461 e. The van der Waals surface area contributed by atoms with E-state index in [1.807, 2.05) is 18.2 Å². The molecule has 1 heterocycles. The van der Waals surface area contributed by atoms with E-state index in [0.717, 1.165) is 12.8 Å². The number of carbonyl (C=O) groups excluding carboxylic acids is 1. The van der Waals surface area contributed by atoms with Crippen molar-refractivity contribution >= 4 is 5.97 Å². The standard InChI is InChI=1S/C22H30O3/c1-5-9-19-20-15(2)12-16(3)22(13-24-19,17(20)4)14-25-21(23)18-10-7-6-8-11-18/h6-8,10-12,16-17,19-20H,5,9,13-14H2,1-4H3/t16?,17-,19?,20?,22?/m0/s1. The zero-order valence-electron chi connectivity index (χ0n) is 15.8. The van der Waals surface area contributed by atoms with E-state index in [2.05, 4.69) is 33.8 Å². The van der Waals surface area contributed by atoms with Gasteiger partial charge in [-0.15, -0.1) is 0 Å². The maximum Gasteiger partial charge on any atom is 0.338 e. The molecule has 0 saturated carbocycles. The summed E-state index contributed by atoms with van der Waals surface area (Å²) in [5, 5.41) is 0. The third kappa shape index (κ3) is 3.27. The Labute approximate surface area is 151 Å². The molecule has 1 aliphatic heterocycles. The van der Waals surface area contributed by atoms with E-state index >= 15 is 0 Å². The van der Waals surface area contributed by atoms with E-state index in [-0.39, 0.29) is 11.4 Å². The number of benzene rings is 1. The summed E-state index contributed by atoms with van der Waals surface area (Å²) in [4.78, 5) is 12.4. The van der Waals surface area contributed by atoms with Crippen LogP contribution < -0.4 is 0 Å². The Morgan fingerprint density at radius 2 is 2.00 bits per heavy atom. The number of ether oxygens (including phenoxy) is 2. The molecule has 1 aromatic rings. The van der Waals surface area contributed by atoms with Crippen LogP contribution in [-0.2, 0) is 9.47 Å². The fourth-order valence-corrected chi connectivity index (χ4v) is 4.79. The summed E-state index contributed by atoms with van der Waals surface area (Å²) in [5.41, 5.74) is 1.92. The van der Waals surface area contributed by atoms with Crippen LogP contribution in [0.4, 0.5) is 0 Å². The monoisotopic (exact) mass is 342 g/mol. The van der Waals surface area contributed by atoms with Gasteiger partial charge in [-0.25, -0.2) is 4.79 Å². The third-order valence-electron chi connectivity index (χ3n) is 6.41. The Kier molecular flexibility index (Phi) is 5.33. The normalized spacial score (nSPS) is 34.3. The molecule has 3 rings (SSSR count). The van der Waals surface area contributed by atoms with Crippen molar-refractivity contribution < 1.29 is 14.3 Å². The lowest BCUT2D eigenvalue weighted by Crippen LogP contribution is -2.56. The zero-order chi connectivity index (χ0) is 18.0. The molecule has 2 aliphatic rings. The van der Waals surface area contributed by atoms with Crippen LogP contribution >= 0.6 is 0 Å². The second-order valence-corrected chi connectivity index (χ2v) is 7.83. The molecule has 1 saturated heterocycles. The highest BCUT2D eigenvalue weighted by Gasteiger charge is 2.53. The zero-order valence-corrected chi connectivity index (χ0v) is 15.8. The average molecular weight is 342 g/mol. The Morgan fingerprint density at radius 1 is 1.28 bits per heavy atom. The van der Waals surface area contributed by atoms with Crippen molar-refractivity contribution in [2.75, 3.05) is 13.2 Å². The Balaban J connectivity index is 1.79. The van der Waals surface area contributed by atoms with Crippen LogP contribution in [-0.4, -0.2) is 25.3 Å². The minimum atomic E-state index is -0.243. The first-order chi connectivity index (χ1) is 12.0. The molecule has 2 bridgehead atoms. The highest BCUT2D eigenvalue weighted by Crippen LogP contribution is 2.53. The van der Waals surface area contributed by atoms with Crippen LogP contribution in [0.2, 0.25) is 0 Å². The molecule has 5 atom stereocenters. The first kappa shape index (κ1) is 18.2. The predicted molar refractivity (Wildman–Crippen MR) is 99.4 cm³/mol. The van der Waals surface area contributed by atoms with E-state index in [4.69, 9.17) is 9.47 Å². The SMILES string of the molecule is CCCC1OCC2(COC(=O)c3ccccc3)C(C)C=C(C)C1[C@@H]2C. The van der Waals surface area contributed by atoms with E-state index in [1.54, 1.807) is 12.1 Å². The van der Waals surface area contributed by atoms with Gasteiger partial charge in [-0.05, 0) is 37.3 Å². The molecular formula is C22H30O3. The van der Waals surface area contributed by atoms with Crippen LogP contribution in [0.5, 0.6) is 0 Å². The topological polar surface area (TPSA) is 35.5 Å². The van der Waals surface area contributed by atoms with Crippen molar-refractivity contribution in [2.45, 2.75) is 46.6 Å². The van der Waals surface area contributed by atoms with E-state index in [0.29, 0.717) is 42.6 Å². The van der Waals surface area contributed by atoms with Gasteiger partial charge in [0.1, 0.15) is 6.61 Å². The van der Waals surface area contributed by atoms with Gasteiger partial charge in [0.15, 0.2) is 0 Å². The van der Waals surface area contributed by atoms with Crippen molar-refractivity contribution in [3.05, 3.63) is 47.5 Å². The first-order valence-electron chi connectivity index (χ1n) is 9.51. The summed E-state index contributed by atoms with van der Waals surface area (Å²) in [6.07, 6.45) is 4.90. The highest BCUT2D eigenvalue weighted by atomic mass is 16.5. The average Bonchev–Trinajstić information content (AvgIpc) is 2.61. The molecule has 0 N–H and O–H groups in total. The van der Waals surface area contributed by atoms with Crippen molar-refractivity contribution in [3.8, 4) is 0 Å². The summed E-state index contributed by atoms with van der Waals surface area (Å²) >= 11 is 0. The predicted octanol–water partition coefficient (Wildman–Crippen LogP) is 4.88. The number of allylic oxidation sites excluding steroid dienone is 1. The lowest BCUT2D eigenvalue weighted by atomic mass is 9.56. The van der Waals surface area contributed by atoms with Gasteiger partial charge < -0.3 is 9.47 Å². The molecule has 25 heavy (non-hydrogen) atoms. The maximum atomic E-state index is 12.4. The largest absolute Gasteiger partial charge is 0.461 e. The lowest BCUT2D eigenvalue weighted by molar-refractivity contribution is -0.165. The minimum absolute atomic E-state index is 0.126. The van der Waals surface area contributed by atoms with Gasteiger partial charge in [0.25, 0.3) is 0 Å². The molecule has 3 heteroatoms. The van der Waals surface area contributed by atoms with E-state index in [1.165, 1.54) is 5.57 Å². The fraction of sp³-hybridized carbons (Fsp3) is 0.591. The summed E-state index contributed by atoms with van der Waals surface area (Å²) < 4.78 is 12.1. The summed E-state index contributed by atoms with van der Waals surface area (Å²) in [6, 6.07) is 9.23. The number of hydrogen-bond donors (Lipinski definition) is 0. The Hall–Kier alpha value is -1.61. The van der Waals surface area contributed by atoms with Gasteiger partial charge >= 0.3 is 5.97 Å². The molecule has 1 aliphatic carbocycles. The quantitative estimate of drug-likeness (QED) is 0.565. The van der Waals surface area contributed by atoms with Crippen molar-refractivity contribution in [3.63, 3.8) is 0 Å². The van der Waals surface area contributed by atoms with Crippen LogP contribution in [0.25, 0.3) is 0 Å². The number of carbonyl (C=O) groups is 1. The molecule has 136 valence electrons. The van der Waals surface area contributed by atoms with Crippen LogP contribution in [0, 0.1) is 23.2 Å². The van der Waals surface area contributed by atoms with Crippen LogP contribution in [0.3, 0.4) is 0 Å². The van der Waals surface area contributed by atoms with Gasteiger partial charge in [0.2, 0.25) is 0 Å². The third-order valence-corrected chi connectivity index (χ3v) is 6.41. The van der Waals surface area contributed by atoms with Gasteiger partial charge in [-0.2, -0.15) is 0 Å². The van der Waals surface area contributed by atoms with Gasteiger partial charge in [0.05, 0.1) is 18.3 Å². The summed E-state index contributed by atoms with van der Waals surface area (Å²) in [7, 11) is 0. The Bertz CT molecular complexity index is 636. The van der Waals surface area contributed by atoms with E-state index in [9.17, 15) is 4.79 Å². The number of fused-ring (bicyclic) bond motifs is 2. The van der Waals surface area contributed by atoms with Crippen molar-refractivity contribution in [1.82, 2.24) is 0 Å². The maximum absolute atomic E-state index is 12.4. The number of hydrogen-bond acceptors (Lipinski definition) is 3. The van der Waals surface area contributed by atoms with Crippen LogP contribution in [0.15, 0.2) is 42.0 Å². The molecular weight excluding hydrogens is 312 g/mol. The molecule has 1 fully saturated rings. The number of rotatable bonds is 5. The fourth-order valence-electron chi connectivity index (χ4n) is 4.79. The highest BCUT2D eigenvalue weighted by molar-refractivity contribution is 5.89. The summed E-state index contributed by atoms with van der Waals surface area (Å²) in [5.74, 6) is 0.972. The Morgan fingerprint density at radius 3 is 2.68 bits per heavy atom. The van der Waals surface area contributed by atoms with Crippen molar-refractivity contribution in [2.24, 2.45) is 23.2 Å². The van der Waals surface area contributed by atoms with Crippen molar-refractivity contribution in [1.29, 1.82) is 0 Å². The molecule has 0 amide bonds. The van der Waals surface area contributed by atoms with Gasteiger partial charge in [-0.3, -0.25) is 0 Å². The molecule has 1 aromatic carbocycles. The molecule has 3 nitrogen and oxygen atoms in total.